The summed E-state index contributed by atoms with van der Waals surface area (Å²) >= 11 is 0. The number of hydrogen-bond donors (Lipinski definition) is 0. The average Bonchev–Trinajstić information content (AvgIpc) is 2.63. The molecule has 0 fully saturated rings. The molecule has 30 heavy (non-hydrogen) atoms. The molecular formula is C26H24O4-2. The van der Waals surface area contributed by atoms with E-state index < -0.39 is 11.9 Å². The maximum absolute atomic E-state index is 12.0. The molecular weight excluding hydrogens is 376 g/mol. The minimum Gasteiger partial charge on any atom is -0.545 e. The van der Waals surface area contributed by atoms with Gasteiger partial charge < -0.3 is 19.8 Å². The van der Waals surface area contributed by atoms with Crippen LogP contribution in [0.25, 0.3) is 32.3 Å². The van der Waals surface area contributed by atoms with E-state index in [1.54, 1.807) is 0 Å². The number of hydrogen-bond acceptors (Lipinski definition) is 4. The fourth-order valence-electron chi connectivity index (χ4n) is 5.80. The van der Waals surface area contributed by atoms with Gasteiger partial charge in [-0.1, -0.05) is 0 Å². The quantitative estimate of drug-likeness (QED) is 0.480. The van der Waals surface area contributed by atoms with E-state index in [0.717, 1.165) is 54.6 Å². The highest BCUT2D eigenvalue weighted by Gasteiger charge is 2.26. The summed E-state index contributed by atoms with van der Waals surface area (Å²) in [7, 11) is 0. The van der Waals surface area contributed by atoms with Gasteiger partial charge in [0.1, 0.15) is 0 Å². The maximum atomic E-state index is 12.0. The SMILES string of the molecule is Cc1c(C(=O)[O-])c(C)c2c(C)c(C)c3c(C)c(C(=O)[O-])c(C)c4c(C)c(C)c1c2c43. The molecule has 0 atom stereocenters. The molecule has 0 spiro atoms. The second-order valence-corrected chi connectivity index (χ2v) is 8.57. The van der Waals surface area contributed by atoms with Crippen molar-refractivity contribution in [2.45, 2.75) is 55.4 Å². The molecule has 4 aromatic rings. The van der Waals surface area contributed by atoms with E-state index >= 15 is 0 Å². The summed E-state index contributed by atoms with van der Waals surface area (Å²) < 4.78 is 0. The van der Waals surface area contributed by atoms with Gasteiger partial charge in [0.15, 0.2) is 0 Å². The highest BCUT2D eigenvalue weighted by atomic mass is 16.4. The Morgan fingerprint density at radius 2 is 0.600 bits per heavy atom. The van der Waals surface area contributed by atoms with Crippen molar-refractivity contribution in [3.63, 3.8) is 0 Å². The van der Waals surface area contributed by atoms with Crippen LogP contribution in [-0.2, 0) is 0 Å². The lowest BCUT2D eigenvalue weighted by molar-refractivity contribution is -0.256. The lowest BCUT2D eigenvalue weighted by Gasteiger charge is -2.28. The van der Waals surface area contributed by atoms with Gasteiger partial charge in [0, 0.05) is 11.1 Å². The van der Waals surface area contributed by atoms with E-state index in [1.807, 2.05) is 55.4 Å². The van der Waals surface area contributed by atoms with E-state index in [2.05, 4.69) is 0 Å². The predicted octanol–water partition coefficient (Wildman–Crippen LogP) is 3.78. The van der Waals surface area contributed by atoms with E-state index in [-0.39, 0.29) is 11.1 Å². The minimum atomic E-state index is -1.17. The Morgan fingerprint density at radius 3 is 0.767 bits per heavy atom. The third-order valence-corrected chi connectivity index (χ3v) is 7.28. The summed E-state index contributed by atoms with van der Waals surface area (Å²) in [6, 6.07) is 0. The molecule has 0 aliphatic heterocycles. The van der Waals surface area contributed by atoms with Crippen molar-refractivity contribution in [2.75, 3.05) is 0 Å². The number of aromatic carboxylic acids is 2. The Morgan fingerprint density at radius 1 is 0.400 bits per heavy atom. The molecule has 0 saturated carbocycles. The first-order valence-corrected chi connectivity index (χ1v) is 10.1. The number of carboxylic acids is 2. The van der Waals surface area contributed by atoms with Crippen molar-refractivity contribution in [1.82, 2.24) is 0 Å². The normalized spacial score (nSPS) is 11.9. The van der Waals surface area contributed by atoms with Gasteiger partial charge in [-0.05, 0) is 132 Å². The molecule has 4 nitrogen and oxygen atoms in total. The Kier molecular flexibility index (Phi) is 4.15. The fraction of sp³-hybridized carbons (Fsp3) is 0.308. The number of carboxylic acid groups (broad SMARTS) is 2. The highest BCUT2D eigenvalue weighted by Crippen LogP contribution is 2.48. The molecule has 0 saturated heterocycles. The summed E-state index contributed by atoms with van der Waals surface area (Å²) in [6.45, 7) is 15.3. The van der Waals surface area contributed by atoms with Gasteiger partial charge in [-0.2, -0.15) is 0 Å². The third-order valence-electron chi connectivity index (χ3n) is 7.28. The molecule has 4 aromatic carbocycles. The summed E-state index contributed by atoms with van der Waals surface area (Å²) in [5.74, 6) is -2.34. The largest absolute Gasteiger partial charge is 0.545 e. The number of carbonyl (C=O) groups excluding carboxylic acids is 2. The molecule has 0 aliphatic rings. The number of aryl methyl sites for hydroxylation is 8. The standard InChI is InChI=1S/C26H26O4/c1-9-10(2)18-14(6)22(26(29)30)16(8)20-12(4)11(3)19-15(7)21(25(27)28)13(5)17(9)23(19)24(18)20/h1-8H3,(H,27,28)(H,29,30)/p-2. The zero-order valence-electron chi connectivity index (χ0n) is 18.6. The summed E-state index contributed by atoms with van der Waals surface area (Å²) in [5.41, 5.74) is 7.16. The van der Waals surface area contributed by atoms with E-state index in [1.165, 1.54) is 0 Å². The number of benzene rings is 4. The van der Waals surface area contributed by atoms with Crippen LogP contribution in [0.5, 0.6) is 0 Å². The Balaban J connectivity index is 2.58. The average molecular weight is 400 g/mol. The smallest absolute Gasteiger partial charge is 0.0721 e. The Bertz CT molecular complexity index is 1250. The lowest BCUT2D eigenvalue weighted by Crippen LogP contribution is -2.26. The van der Waals surface area contributed by atoms with Crippen molar-refractivity contribution in [3.8, 4) is 0 Å². The van der Waals surface area contributed by atoms with E-state index in [9.17, 15) is 19.8 Å². The fourth-order valence-corrected chi connectivity index (χ4v) is 5.80. The monoisotopic (exact) mass is 400 g/mol. The van der Waals surface area contributed by atoms with Crippen LogP contribution in [0.3, 0.4) is 0 Å². The van der Waals surface area contributed by atoms with Crippen LogP contribution in [0.2, 0.25) is 0 Å². The van der Waals surface area contributed by atoms with Crippen molar-refractivity contribution in [3.05, 3.63) is 55.6 Å². The first kappa shape index (κ1) is 20.1. The van der Waals surface area contributed by atoms with Gasteiger partial charge in [0.05, 0.1) is 11.9 Å². The summed E-state index contributed by atoms with van der Waals surface area (Å²) in [4.78, 5) is 24.1. The van der Waals surface area contributed by atoms with Crippen LogP contribution in [-0.4, -0.2) is 11.9 Å². The lowest BCUT2D eigenvalue weighted by atomic mass is 9.76. The maximum Gasteiger partial charge on any atom is 0.0721 e. The van der Waals surface area contributed by atoms with Gasteiger partial charge >= 0.3 is 0 Å². The Labute approximate surface area is 175 Å². The van der Waals surface area contributed by atoms with Crippen LogP contribution < -0.4 is 10.2 Å². The molecule has 4 heteroatoms. The van der Waals surface area contributed by atoms with Crippen molar-refractivity contribution in [1.29, 1.82) is 0 Å². The first-order chi connectivity index (χ1) is 13.9. The van der Waals surface area contributed by atoms with Gasteiger partial charge in [0.25, 0.3) is 0 Å². The van der Waals surface area contributed by atoms with Crippen LogP contribution in [0.15, 0.2) is 0 Å². The van der Waals surface area contributed by atoms with Crippen LogP contribution in [0, 0.1) is 55.4 Å². The van der Waals surface area contributed by atoms with Crippen LogP contribution >= 0.6 is 0 Å². The van der Waals surface area contributed by atoms with Gasteiger partial charge in [-0.25, -0.2) is 0 Å². The molecule has 0 aromatic heterocycles. The van der Waals surface area contributed by atoms with Crippen molar-refractivity contribution < 1.29 is 19.8 Å². The van der Waals surface area contributed by atoms with Gasteiger partial charge in [-0.3, -0.25) is 0 Å². The predicted molar refractivity (Wildman–Crippen MR) is 117 cm³/mol. The Hall–Kier alpha value is -3.14. The molecule has 0 unspecified atom stereocenters. The summed E-state index contributed by atoms with van der Waals surface area (Å²) in [6.07, 6.45) is 0. The highest BCUT2D eigenvalue weighted by molar-refractivity contribution is 6.30. The molecule has 154 valence electrons. The van der Waals surface area contributed by atoms with E-state index in [4.69, 9.17) is 0 Å². The number of rotatable bonds is 2. The van der Waals surface area contributed by atoms with E-state index in [0.29, 0.717) is 22.3 Å². The molecule has 0 radical (unpaired) electrons. The zero-order chi connectivity index (χ0) is 22.4. The van der Waals surface area contributed by atoms with Gasteiger partial charge in [0.2, 0.25) is 0 Å². The van der Waals surface area contributed by atoms with Crippen molar-refractivity contribution in [2.24, 2.45) is 0 Å². The molecule has 0 N–H and O–H groups in total. The third kappa shape index (κ3) is 2.16. The second-order valence-electron chi connectivity index (χ2n) is 8.57. The number of carbonyl (C=O) groups is 2. The zero-order valence-corrected chi connectivity index (χ0v) is 18.6. The molecule has 0 amide bonds. The first-order valence-electron chi connectivity index (χ1n) is 10.1. The molecule has 4 rings (SSSR count). The van der Waals surface area contributed by atoms with Crippen LogP contribution in [0.4, 0.5) is 0 Å². The molecule has 0 bridgehead atoms. The molecule has 0 aliphatic carbocycles. The summed E-state index contributed by atoms with van der Waals surface area (Å²) in [5, 5.41) is 29.8. The van der Waals surface area contributed by atoms with Crippen molar-refractivity contribution >= 4 is 44.3 Å². The van der Waals surface area contributed by atoms with Crippen LogP contribution in [0.1, 0.15) is 65.2 Å². The van der Waals surface area contributed by atoms with Gasteiger partial charge in [-0.15, -0.1) is 0 Å². The minimum absolute atomic E-state index is 0.245. The molecule has 0 heterocycles. The second kappa shape index (κ2) is 6.18. The topological polar surface area (TPSA) is 80.3 Å².